The second kappa shape index (κ2) is 10.1. The maximum absolute atomic E-state index is 13.0. The molecule has 0 radical (unpaired) electrons. The predicted molar refractivity (Wildman–Crippen MR) is 132 cm³/mol. The van der Waals surface area contributed by atoms with Gasteiger partial charge in [-0.1, -0.05) is 37.6 Å². The van der Waals surface area contributed by atoms with Crippen LogP contribution in [0.2, 0.25) is 5.02 Å². The summed E-state index contributed by atoms with van der Waals surface area (Å²) in [4.78, 5) is 25.5. The van der Waals surface area contributed by atoms with Crippen molar-refractivity contribution in [2.45, 2.75) is 47.5 Å². The molecule has 0 aliphatic carbocycles. The lowest BCUT2D eigenvalue weighted by Crippen LogP contribution is -2.16. The molecule has 3 aromatic rings. The maximum atomic E-state index is 13.0. The largest absolute Gasteiger partial charge is 0.496 e. The van der Waals surface area contributed by atoms with Crippen molar-refractivity contribution in [2.24, 2.45) is 10.9 Å². The SMILES string of the molecule is COc1c(C)cc(C(C)=Nc2c(CC(C)C)nc(Cc3ccc(Cl)cc3)[nH]c2=O)cc1C. The van der Waals surface area contributed by atoms with E-state index >= 15 is 0 Å². The minimum Gasteiger partial charge on any atom is -0.496 e. The monoisotopic (exact) mass is 451 g/mol. The molecule has 0 amide bonds. The molecule has 6 heteroatoms. The Bertz CT molecular complexity index is 1170. The Morgan fingerprint density at radius 1 is 1.16 bits per heavy atom. The van der Waals surface area contributed by atoms with E-state index in [-0.39, 0.29) is 5.56 Å². The standard InChI is InChI=1S/C26H30ClN3O2/c1-15(2)11-22-24(28-18(5)20-12-16(3)25(32-6)17(4)13-20)26(31)30-23(29-22)14-19-7-9-21(27)10-8-19/h7-10,12-13,15H,11,14H2,1-6H3,(H,29,30,31). The van der Waals surface area contributed by atoms with E-state index in [9.17, 15) is 4.79 Å². The Morgan fingerprint density at radius 3 is 2.34 bits per heavy atom. The fourth-order valence-corrected chi connectivity index (χ4v) is 3.93. The normalized spacial score (nSPS) is 11.8. The second-order valence-corrected chi connectivity index (χ2v) is 8.99. The molecule has 168 valence electrons. The molecule has 3 rings (SSSR count). The van der Waals surface area contributed by atoms with Gasteiger partial charge in [0.25, 0.3) is 5.56 Å². The highest BCUT2D eigenvalue weighted by Gasteiger charge is 2.15. The summed E-state index contributed by atoms with van der Waals surface area (Å²) in [5, 5.41) is 0.680. The summed E-state index contributed by atoms with van der Waals surface area (Å²) < 4.78 is 5.47. The van der Waals surface area contributed by atoms with Crippen molar-refractivity contribution in [3.05, 3.63) is 85.5 Å². The first-order valence-electron chi connectivity index (χ1n) is 10.7. The topological polar surface area (TPSA) is 67.3 Å². The summed E-state index contributed by atoms with van der Waals surface area (Å²) in [6, 6.07) is 11.6. The van der Waals surface area contributed by atoms with Crippen molar-refractivity contribution in [1.82, 2.24) is 9.97 Å². The number of rotatable bonds is 7. The van der Waals surface area contributed by atoms with Gasteiger partial charge in [0.1, 0.15) is 17.3 Å². The zero-order valence-electron chi connectivity index (χ0n) is 19.5. The third kappa shape index (κ3) is 5.65. The average molecular weight is 452 g/mol. The van der Waals surface area contributed by atoms with Gasteiger partial charge in [0.15, 0.2) is 0 Å². The third-order valence-electron chi connectivity index (χ3n) is 5.26. The molecule has 0 spiro atoms. The van der Waals surface area contributed by atoms with Crippen LogP contribution in [0.1, 0.15) is 54.5 Å². The number of hydrogen-bond acceptors (Lipinski definition) is 4. The van der Waals surface area contributed by atoms with Crippen LogP contribution in [0.15, 0.2) is 46.2 Å². The number of aryl methyl sites for hydroxylation is 2. The maximum Gasteiger partial charge on any atom is 0.277 e. The van der Waals surface area contributed by atoms with Crippen LogP contribution in [0.3, 0.4) is 0 Å². The molecular formula is C26H30ClN3O2. The highest BCUT2D eigenvalue weighted by atomic mass is 35.5. The minimum absolute atomic E-state index is 0.221. The number of hydrogen-bond donors (Lipinski definition) is 1. The van der Waals surface area contributed by atoms with Crippen LogP contribution in [0.5, 0.6) is 5.75 Å². The van der Waals surface area contributed by atoms with Gasteiger partial charge >= 0.3 is 0 Å². The fraction of sp³-hybridized carbons (Fsp3) is 0.346. The van der Waals surface area contributed by atoms with E-state index in [1.165, 1.54) is 0 Å². The van der Waals surface area contributed by atoms with Crippen molar-refractivity contribution in [3.63, 3.8) is 0 Å². The van der Waals surface area contributed by atoms with Crippen LogP contribution in [-0.4, -0.2) is 22.8 Å². The first kappa shape index (κ1) is 23.7. The molecule has 1 aromatic heterocycles. The molecule has 2 aromatic carbocycles. The van der Waals surface area contributed by atoms with Crippen LogP contribution in [-0.2, 0) is 12.8 Å². The molecule has 5 nitrogen and oxygen atoms in total. The summed E-state index contributed by atoms with van der Waals surface area (Å²) in [6.45, 7) is 10.1. The van der Waals surface area contributed by atoms with Gasteiger partial charge in [-0.15, -0.1) is 0 Å². The van der Waals surface area contributed by atoms with E-state index in [1.807, 2.05) is 57.2 Å². The van der Waals surface area contributed by atoms with Gasteiger partial charge in [-0.05, 0) is 79.6 Å². The van der Waals surface area contributed by atoms with Crippen molar-refractivity contribution in [1.29, 1.82) is 0 Å². The van der Waals surface area contributed by atoms with Gasteiger partial charge in [0.05, 0.1) is 12.8 Å². The molecule has 0 saturated carbocycles. The molecule has 32 heavy (non-hydrogen) atoms. The Labute approximate surface area is 194 Å². The van der Waals surface area contributed by atoms with E-state index in [0.29, 0.717) is 41.0 Å². The Morgan fingerprint density at radius 2 is 1.78 bits per heavy atom. The summed E-state index contributed by atoms with van der Waals surface area (Å²) in [5.41, 5.74) is 5.69. The van der Waals surface area contributed by atoms with Crippen LogP contribution in [0.25, 0.3) is 0 Å². The van der Waals surface area contributed by atoms with Crippen molar-refractivity contribution >= 4 is 23.0 Å². The number of ether oxygens (including phenoxy) is 1. The summed E-state index contributed by atoms with van der Waals surface area (Å²) in [7, 11) is 1.67. The Kier molecular flexibility index (Phi) is 7.52. The van der Waals surface area contributed by atoms with Crippen LogP contribution >= 0.6 is 11.6 Å². The summed E-state index contributed by atoms with van der Waals surface area (Å²) >= 11 is 5.98. The van der Waals surface area contributed by atoms with E-state index in [0.717, 1.165) is 33.7 Å². The van der Waals surface area contributed by atoms with E-state index in [1.54, 1.807) is 7.11 Å². The molecule has 1 heterocycles. The number of methoxy groups -OCH3 is 1. The zero-order valence-corrected chi connectivity index (χ0v) is 20.3. The van der Waals surface area contributed by atoms with Gasteiger partial charge in [-0.2, -0.15) is 0 Å². The molecule has 0 atom stereocenters. The molecule has 0 bridgehead atoms. The lowest BCUT2D eigenvalue weighted by molar-refractivity contribution is 0.408. The first-order chi connectivity index (χ1) is 15.2. The van der Waals surface area contributed by atoms with Crippen LogP contribution < -0.4 is 10.3 Å². The Balaban J connectivity index is 2.03. The molecular weight excluding hydrogens is 422 g/mol. The van der Waals surface area contributed by atoms with Crippen molar-refractivity contribution in [2.75, 3.05) is 7.11 Å². The zero-order chi connectivity index (χ0) is 23.4. The lowest BCUT2D eigenvalue weighted by atomic mass is 10.0. The van der Waals surface area contributed by atoms with Gasteiger partial charge < -0.3 is 9.72 Å². The number of aromatic nitrogens is 2. The lowest BCUT2D eigenvalue weighted by Gasteiger charge is -2.13. The molecule has 0 unspecified atom stereocenters. The average Bonchev–Trinajstić information content (AvgIpc) is 2.71. The van der Waals surface area contributed by atoms with Gasteiger partial charge in [0.2, 0.25) is 0 Å². The number of aromatic amines is 1. The molecule has 1 N–H and O–H groups in total. The molecule has 0 aliphatic heterocycles. The quantitative estimate of drug-likeness (QED) is 0.449. The minimum atomic E-state index is -0.221. The third-order valence-corrected chi connectivity index (χ3v) is 5.52. The van der Waals surface area contributed by atoms with Crippen molar-refractivity contribution in [3.8, 4) is 5.75 Å². The highest BCUT2D eigenvalue weighted by molar-refractivity contribution is 6.30. The number of H-pyrrole nitrogens is 1. The van der Waals surface area contributed by atoms with Gasteiger partial charge in [-0.3, -0.25) is 4.79 Å². The fourth-order valence-electron chi connectivity index (χ4n) is 3.80. The number of benzene rings is 2. The van der Waals surface area contributed by atoms with Gasteiger partial charge in [-0.25, -0.2) is 9.98 Å². The van der Waals surface area contributed by atoms with Crippen LogP contribution in [0.4, 0.5) is 5.69 Å². The predicted octanol–water partition coefficient (Wildman–Crippen LogP) is 5.98. The van der Waals surface area contributed by atoms with E-state index in [4.69, 9.17) is 26.3 Å². The first-order valence-corrected chi connectivity index (χ1v) is 11.1. The molecule has 0 fully saturated rings. The molecule has 0 aliphatic rings. The second-order valence-electron chi connectivity index (χ2n) is 8.55. The van der Waals surface area contributed by atoms with Crippen molar-refractivity contribution < 1.29 is 4.74 Å². The number of halogens is 1. The Hall–Kier alpha value is -2.92. The summed E-state index contributed by atoms with van der Waals surface area (Å²) in [5.74, 6) is 1.83. The number of nitrogens with one attached hydrogen (secondary N) is 1. The van der Waals surface area contributed by atoms with E-state index < -0.39 is 0 Å². The number of nitrogens with zero attached hydrogens (tertiary/aromatic N) is 2. The van der Waals surface area contributed by atoms with Gasteiger partial charge in [0, 0.05) is 17.2 Å². The van der Waals surface area contributed by atoms with Crippen LogP contribution in [0, 0.1) is 19.8 Å². The molecule has 0 saturated heterocycles. The number of aliphatic imine (C=N–C) groups is 1. The highest BCUT2D eigenvalue weighted by Crippen LogP contribution is 2.26. The van der Waals surface area contributed by atoms with E-state index in [2.05, 4.69) is 18.8 Å². The summed E-state index contributed by atoms with van der Waals surface area (Å²) in [6.07, 6.45) is 1.20. The smallest absolute Gasteiger partial charge is 0.277 e.